The van der Waals surface area contributed by atoms with Crippen molar-refractivity contribution in [1.82, 2.24) is 10.0 Å². The van der Waals surface area contributed by atoms with E-state index in [9.17, 15) is 18.0 Å². The van der Waals surface area contributed by atoms with Crippen LogP contribution in [0.3, 0.4) is 0 Å². The van der Waals surface area contributed by atoms with Gasteiger partial charge in [0, 0.05) is 22.3 Å². The number of hydrogen-bond donors (Lipinski definition) is 3. The fourth-order valence-electron chi connectivity index (χ4n) is 2.20. The Morgan fingerprint density at radius 3 is 2.33 bits per heavy atom. The number of carbonyl (C=O) groups is 2. The van der Waals surface area contributed by atoms with E-state index in [-0.39, 0.29) is 23.0 Å². The van der Waals surface area contributed by atoms with E-state index >= 15 is 0 Å². The zero-order valence-corrected chi connectivity index (χ0v) is 16.4. The largest absolute Gasteiger partial charge is 0.343 e. The Labute approximate surface area is 163 Å². The highest BCUT2D eigenvalue weighted by Gasteiger charge is 2.16. The van der Waals surface area contributed by atoms with Crippen molar-refractivity contribution in [3.05, 3.63) is 59.1 Å². The summed E-state index contributed by atoms with van der Waals surface area (Å²) >= 11 is 5.84. The summed E-state index contributed by atoms with van der Waals surface area (Å²) < 4.78 is 26.6. The van der Waals surface area contributed by atoms with Crippen LogP contribution >= 0.6 is 11.6 Å². The summed E-state index contributed by atoms with van der Waals surface area (Å²) in [6, 6.07) is 11.9. The van der Waals surface area contributed by atoms with Gasteiger partial charge in [0.25, 0.3) is 5.91 Å². The molecule has 0 aliphatic heterocycles. The highest BCUT2D eigenvalue weighted by Crippen LogP contribution is 2.14. The van der Waals surface area contributed by atoms with Crippen LogP contribution in [0.5, 0.6) is 0 Å². The summed E-state index contributed by atoms with van der Waals surface area (Å²) in [5.41, 5.74) is 0.767. The van der Waals surface area contributed by atoms with Gasteiger partial charge in [-0.05, 0) is 56.3 Å². The topological polar surface area (TPSA) is 104 Å². The normalized spacial score (nSPS) is 11.3. The summed E-state index contributed by atoms with van der Waals surface area (Å²) in [5.74, 6) is -0.900. The number of carbonyl (C=O) groups excluding carboxylic acids is 2. The number of sulfonamides is 1. The molecule has 2 aromatic carbocycles. The van der Waals surface area contributed by atoms with Crippen LogP contribution in [-0.4, -0.2) is 32.8 Å². The molecule has 0 atom stereocenters. The van der Waals surface area contributed by atoms with Crippen LogP contribution in [0.25, 0.3) is 0 Å². The molecule has 2 aromatic rings. The second-order valence-corrected chi connectivity index (χ2v) is 8.19. The molecule has 0 aromatic heterocycles. The quantitative estimate of drug-likeness (QED) is 0.653. The standard InChI is InChI=1S/C18H20ClN3O4S/c1-12(2)22-27(25,26)16-8-6-13(7-9-16)18(24)20-11-17(23)21-15-5-3-4-14(19)10-15/h3-10,12,22H,11H2,1-2H3,(H,20,24)(H,21,23). The third-order valence-corrected chi connectivity index (χ3v) is 5.25. The van der Waals surface area contributed by atoms with E-state index in [4.69, 9.17) is 11.6 Å². The first-order valence-electron chi connectivity index (χ1n) is 8.13. The predicted octanol–water partition coefficient (Wildman–Crippen LogP) is 2.40. The summed E-state index contributed by atoms with van der Waals surface area (Å²) in [5, 5.41) is 5.57. The van der Waals surface area contributed by atoms with E-state index < -0.39 is 21.8 Å². The van der Waals surface area contributed by atoms with E-state index in [1.165, 1.54) is 24.3 Å². The molecule has 27 heavy (non-hydrogen) atoms. The predicted molar refractivity (Wildman–Crippen MR) is 104 cm³/mol. The number of benzene rings is 2. The van der Waals surface area contributed by atoms with Crippen LogP contribution < -0.4 is 15.4 Å². The van der Waals surface area contributed by atoms with Gasteiger partial charge in [0.1, 0.15) is 0 Å². The Morgan fingerprint density at radius 1 is 1.07 bits per heavy atom. The molecule has 7 nitrogen and oxygen atoms in total. The van der Waals surface area contributed by atoms with Crippen molar-refractivity contribution in [2.24, 2.45) is 0 Å². The van der Waals surface area contributed by atoms with Crippen LogP contribution in [0.15, 0.2) is 53.4 Å². The van der Waals surface area contributed by atoms with E-state index in [2.05, 4.69) is 15.4 Å². The smallest absolute Gasteiger partial charge is 0.251 e. The minimum atomic E-state index is -3.62. The molecule has 0 radical (unpaired) electrons. The first kappa shape index (κ1) is 20.9. The van der Waals surface area contributed by atoms with Crippen molar-refractivity contribution in [1.29, 1.82) is 0 Å². The van der Waals surface area contributed by atoms with E-state index in [1.54, 1.807) is 38.1 Å². The van der Waals surface area contributed by atoms with E-state index in [1.807, 2.05) is 0 Å². The monoisotopic (exact) mass is 409 g/mol. The van der Waals surface area contributed by atoms with Gasteiger partial charge in [-0.25, -0.2) is 13.1 Å². The number of halogens is 1. The van der Waals surface area contributed by atoms with Gasteiger partial charge in [0.2, 0.25) is 15.9 Å². The summed E-state index contributed by atoms with van der Waals surface area (Å²) in [6.45, 7) is 3.20. The summed E-state index contributed by atoms with van der Waals surface area (Å²) in [7, 11) is -3.62. The van der Waals surface area contributed by atoms with Crippen LogP contribution in [0.4, 0.5) is 5.69 Å². The molecule has 9 heteroatoms. The van der Waals surface area contributed by atoms with Gasteiger partial charge < -0.3 is 10.6 Å². The molecule has 0 bridgehead atoms. The second-order valence-electron chi connectivity index (χ2n) is 6.04. The number of amides is 2. The van der Waals surface area contributed by atoms with Crippen LogP contribution in [-0.2, 0) is 14.8 Å². The van der Waals surface area contributed by atoms with Crippen molar-refractivity contribution in [3.63, 3.8) is 0 Å². The molecule has 0 fully saturated rings. The highest BCUT2D eigenvalue weighted by molar-refractivity contribution is 7.89. The van der Waals surface area contributed by atoms with Crippen molar-refractivity contribution in [3.8, 4) is 0 Å². The Balaban J connectivity index is 1.93. The number of anilines is 1. The molecule has 0 spiro atoms. The van der Waals surface area contributed by atoms with Gasteiger partial charge in [-0.2, -0.15) is 0 Å². The highest BCUT2D eigenvalue weighted by atomic mass is 35.5. The number of hydrogen-bond acceptors (Lipinski definition) is 4. The molecule has 3 N–H and O–H groups in total. The maximum atomic E-state index is 12.1. The average molecular weight is 410 g/mol. The van der Waals surface area contributed by atoms with Gasteiger partial charge >= 0.3 is 0 Å². The van der Waals surface area contributed by atoms with Crippen molar-refractivity contribution >= 4 is 39.1 Å². The molecule has 2 rings (SSSR count). The fourth-order valence-corrected chi connectivity index (χ4v) is 3.64. The van der Waals surface area contributed by atoms with Gasteiger partial charge in [-0.1, -0.05) is 17.7 Å². The molecule has 0 aliphatic rings. The second kappa shape index (κ2) is 8.98. The lowest BCUT2D eigenvalue weighted by atomic mass is 10.2. The van der Waals surface area contributed by atoms with Gasteiger partial charge in [-0.15, -0.1) is 0 Å². The zero-order valence-electron chi connectivity index (χ0n) is 14.8. The minimum Gasteiger partial charge on any atom is -0.343 e. The zero-order chi connectivity index (χ0) is 20.0. The molecule has 0 aliphatic carbocycles. The SMILES string of the molecule is CC(C)NS(=O)(=O)c1ccc(C(=O)NCC(=O)Nc2cccc(Cl)c2)cc1. The third-order valence-electron chi connectivity index (χ3n) is 3.34. The first-order valence-corrected chi connectivity index (χ1v) is 9.99. The Morgan fingerprint density at radius 2 is 1.74 bits per heavy atom. The molecular formula is C18H20ClN3O4S. The molecule has 0 saturated carbocycles. The van der Waals surface area contributed by atoms with Crippen LogP contribution in [0, 0.1) is 0 Å². The fraction of sp³-hybridized carbons (Fsp3) is 0.222. The Bertz CT molecular complexity index is 928. The molecule has 0 heterocycles. The molecule has 144 valence electrons. The maximum Gasteiger partial charge on any atom is 0.251 e. The van der Waals surface area contributed by atoms with Gasteiger partial charge in [0.15, 0.2) is 0 Å². The number of nitrogens with one attached hydrogen (secondary N) is 3. The molecule has 2 amide bonds. The van der Waals surface area contributed by atoms with Gasteiger partial charge in [-0.3, -0.25) is 9.59 Å². The van der Waals surface area contributed by atoms with Crippen molar-refractivity contribution < 1.29 is 18.0 Å². The maximum absolute atomic E-state index is 12.1. The van der Waals surface area contributed by atoms with Crippen LogP contribution in [0.2, 0.25) is 5.02 Å². The lowest BCUT2D eigenvalue weighted by Gasteiger charge is -2.10. The molecule has 0 saturated heterocycles. The minimum absolute atomic E-state index is 0.0615. The van der Waals surface area contributed by atoms with E-state index in [0.717, 1.165) is 0 Å². The third kappa shape index (κ3) is 6.35. The first-order chi connectivity index (χ1) is 12.7. The Kier molecular flexibility index (Phi) is 6.95. The van der Waals surface area contributed by atoms with Crippen molar-refractivity contribution in [2.75, 3.05) is 11.9 Å². The van der Waals surface area contributed by atoms with Crippen molar-refractivity contribution in [2.45, 2.75) is 24.8 Å². The summed E-state index contributed by atoms with van der Waals surface area (Å²) in [6.07, 6.45) is 0. The van der Waals surface area contributed by atoms with E-state index in [0.29, 0.717) is 10.7 Å². The lowest BCUT2D eigenvalue weighted by molar-refractivity contribution is -0.115. The van der Waals surface area contributed by atoms with Gasteiger partial charge in [0.05, 0.1) is 11.4 Å². The Hall–Kier alpha value is -2.42. The summed E-state index contributed by atoms with van der Waals surface area (Å²) in [4.78, 5) is 24.1. The average Bonchev–Trinajstić information content (AvgIpc) is 2.59. The number of rotatable bonds is 7. The lowest BCUT2D eigenvalue weighted by Crippen LogP contribution is -2.33. The molecule has 0 unspecified atom stereocenters. The molecular weight excluding hydrogens is 390 g/mol. The van der Waals surface area contributed by atoms with Crippen LogP contribution in [0.1, 0.15) is 24.2 Å².